The molecule has 0 saturated carbocycles. The van der Waals surface area contributed by atoms with Gasteiger partial charge in [0.25, 0.3) is 5.91 Å². The smallest absolute Gasteiger partial charge is 0.254 e. The van der Waals surface area contributed by atoms with Crippen LogP contribution in [0.25, 0.3) is 11.4 Å². The first kappa shape index (κ1) is 15.3. The quantitative estimate of drug-likeness (QED) is 0.912. The van der Waals surface area contributed by atoms with Gasteiger partial charge in [0, 0.05) is 25.3 Å². The number of tetrazole rings is 1. The number of rotatable bonds is 2. The Morgan fingerprint density at radius 1 is 1.17 bits per heavy atom. The number of likely N-dealkylation sites (tertiary alicyclic amines) is 1. The Morgan fingerprint density at radius 3 is 2.83 bits per heavy atom. The second-order valence-electron chi connectivity index (χ2n) is 6.56. The van der Waals surface area contributed by atoms with Crippen molar-refractivity contribution in [3.05, 3.63) is 29.8 Å². The third-order valence-corrected chi connectivity index (χ3v) is 5.11. The van der Waals surface area contributed by atoms with Crippen LogP contribution in [0.2, 0.25) is 0 Å². The van der Waals surface area contributed by atoms with E-state index in [0.29, 0.717) is 17.0 Å². The van der Waals surface area contributed by atoms with Crippen LogP contribution in [0, 0.1) is 0 Å². The van der Waals surface area contributed by atoms with Crippen LogP contribution >= 0.6 is 0 Å². The summed E-state index contributed by atoms with van der Waals surface area (Å²) in [6.07, 6.45) is 5.20. The Hall–Kier alpha value is -2.28. The van der Waals surface area contributed by atoms with Crippen LogP contribution < -0.4 is 0 Å². The standard InChI is InChI=1S/C17H21N5O2/c23-16(14-6-2-1-5-13(14)15-18-20-21-19-15)22-10-3-7-17(9-11-22)8-4-12-24-17/h1-2,5-6H,3-4,7-12H2,(H,18,19,20,21)/t17-/m0/s1. The van der Waals surface area contributed by atoms with E-state index in [9.17, 15) is 4.79 Å². The maximum atomic E-state index is 13.1. The lowest BCUT2D eigenvalue weighted by Crippen LogP contribution is -2.34. The zero-order chi connectivity index (χ0) is 16.4. The molecule has 1 aromatic heterocycles. The minimum Gasteiger partial charge on any atom is -0.375 e. The van der Waals surface area contributed by atoms with Crippen molar-refractivity contribution < 1.29 is 9.53 Å². The second kappa shape index (κ2) is 6.32. The van der Waals surface area contributed by atoms with Crippen molar-refractivity contribution >= 4 is 5.91 Å². The van der Waals surface area contributed by atoms with Crippen molar-refractivity contribution in [1.29, 1.82) is 0 Å². The Balaban J connectivity index is 1.56. The van der Waals surface area contributed by atoms with Crippen molar-refractivity contribution in [2.45, 2.75) is 37.7 Å². The number of carbonyl (C=O) groups excluding carboxylic acids is 1. The van der Waals surface area contributed by atoms with E-state index in [0.717, 1.165) is 51.8 Å². The van der Waals surface area contributed by atoms with Gasteiger partial charge in [-0.1, -0.05) is 18.2 Å². The van der Waals surface area contributed by atoms with E-state index in [2.05, 4.69) is 20.6 Å². The van der Waals surface area contributed by atoms with Crippen LogP contribution in [0.5, 0.6) is 0 Å². The summed E-state index contributed by atoms with van der Waals surface area (Å²) in [5.74, 6) is 0.481. The molecule has 1 spiro atoms. The molecule has 7 nitrogen and oxygen atoms in total. The minimum absolute atomic E-state index is 0.00220. The van der Waals surface area contributed by atoms with Crippen molar-refractivity contribution in [3.8, 4) is 11.4 Å². The summed E-state index contributed by atoms with van der Waals surface area (Å²) in [6.45, 7) is 2.36. The molecule has 7 heteroatoms. The van der Waals surface area contributed by atoms with E-state index < -0.39 is 0 Å². The fraction of sp³-hybridized carbons (Fsp3) is 0.529. The summed E-state index contributed by atoms with van der Waals surface area (Å²) in [4.78, 5) is 15.0. The molecular weight excluding hydrogens is 306 g/mol. The largest absolute Gasteiger partial charge is 0.375 e. The van der Waals surface area contributed by atoms with Crippen LogP contribution in [0.15, 0.2) is 24.3 Å². The third-order valence-electron chi connectivity index (χ3n) is 5.11. The fourth-order valence-corrected chi connectivity index (χ4v) is 3.83. The van der Waals surface area contributed by atoms with Crippen LogP contribution in [0.4, 0.5) is 0 Å². The van der Waals surface area contributed by atoms with E-state index in [1.807, 2.05) is 29.2 Å². The molecule has 0 aliphatic carbocycles. The highest BCUT2D eigenvalue weighted by Crippen LogP contribution is 2.36. The lowest BCUT2D eigenvalue weighted by molar-refractivity contribution is -0.00691. The summed E-state index contributed by atoms with van der Waals surface area (Å²) in [6, 6.07) is 7.45. The molecule has 2 aliphatic rings. The average Bonchev–Trinajstić information content (AvgIpc) is 3.25. The van der Waals surface area contributed by atoms with Crippen molar-refractivity contribution in [2.75, 3.05) is 19.7 Å². The summed E-state index contributed by atoms with van der Waals surface area (Å²) in [7, 11) is 0. The number of benzene rings is 1. The first-order valence-electron chi connectivity index (χ1n) is 8.54. The van der Waals surface area contributed by atoms with Gasteiger partial charge < -0.3 is 9.64 Å². The molecule has 2 aliphatic heterocycles. The Kier molecular flexibility index (Phi) is 4.02. The topological polar surface area (TPSA) is 84.0 Å². The number of H-pyrrole nitrogens is 1. The first-order chi connectivity index (χ1) is 11.8. The van der Waals surface area contributed by atoms with Crippen molar-refractivity contribution in [1.82, 2.24) is 25.5 Å². The summed E-state index contributed by atoms with van der Waals surface area (Å²) in [5.41, 5.74) is 1.34. The van der Waals surface area contributed by atoms with Crippen LogP contribution in [-0.4, -0.2) is 56.7 Å². The molecule has 126 valence electrons. The van der Waals surface area contributed by atoms with Crippen molar-refractivity contribution in [3.63, 3.8) is 0 Å². The molecule has 1 aromatic carbocycles. The molecule has 2 aromatic rings. The van der Waals surface area contributed by atoms with E-state index in [-0.39, 0.29) is 11.5 Å². The van der Waals surface area contributed by atoms with Gasteiger partial charge in [0.05, 0.1) is 11.2 Å². The Morgan fingerprint density at radius 2 is 2.04 bits per heavy atom. The summed E-state index contributed by atoms with van der Waals surface area (Å²) < 4.78 is 6.01. The zero-order valence-corrected chi connectivity index (χ0v) is 13.6. The number of nitrogens with zero attached hydrogens (tertiary/aromatic N) is 4. The average molecular weight is 327 g/mol. The molecule has 4 rings (SSSR count). The molecule has 0 bridgehead atoms. The number of carbonyl (C=O) groups is 1. The molecule has 3 heterocycles. The van der Waals surface area contributed by atoms with Crippen molar-refractivity contribution in [2.24, 2.45) is 0 Å². The van der Waals surface area contributed by atoms with Gasteiger partial charge in [-0.2, -0.15) is 5.21 Å². The second-order valence-corrected chi connectivity index (χ2v) is 6.56. The lowest BCUT2D eigenvalue weighted by atomic mass is 9.92. The fourth-order valence-electron chi connectivity index (χ4n) is 3.83. The molecule has 1 N–H and O–H groups in total. The maximum absolute atomic E-state index is 13.1. The highest BCUT2D eigenvalue weighted by atomic mass is 16.5. The van der Waals surface area contributed by atoms with Gasteiger partial charge in [0.2, 0.25) is 5.82 Å². The van der Waals surface area contributed by atoms with Gasteiger partial charge in [0.1, 0.15) is 0 Å². The number of nitrogens with one attached hydrogen (secondary N) is 1. The van der Waals surface area contributed by atoms with E-state index in [1.54, 1.807) is 0 Å². The molecule has 2 saturated heterocycles. The molecular formula is C17H21N5O2. The number of hydrogen-bond donors (Lipinski definition) is 1. The van der Waals surface area contributed by atoms with Gasteiger partial charge in [-0.3, -0.25) is 4.79 Å². The number of hydrogen-bond acceptors (Lipinski definition) is 5. The van der Waals surface area contributed by atoms with Gasteiger partial charge in [-0.25, -0.2) is 0 Å². The third kappa shape index (κ3) is 2.80. The van der Waals surface area contributed by atoms with Crippen LogP contribution in [-0.2, 0) is 4.74 Å². The van der Waals surface area contributed by atoms with Crippen LogP contribution in [0.3, 0.4) is 0 Å². The predicted molar refractivity (Wildman–Crippen MR) is 87.3 cm³/mol. The van der Waals surface area contributed by atoms with E-state index in [1.165, 1.54) is 0 Å². The Labute approximate surface area is 140 Å². The highest BCUT2D eigenvalue weighted by molar-refractivity contribution is 6.00. The highest BCUT2D eigenvalue weighted by Gasteiger charge is 2.37. The predicted octanol–water partition coefficient (Wildman–Crippen LogP) is 2.04. The Bertz CT molecular complexity index is 710. The molecule has 2 fully saturated rings. The molecule has 0 radical (unpaired) electrons. The minimum atomic E-state index is 0.00220. The SMILES string of the molecule is O=C(c1ccccc1-c1nn[nH]n1)N1CCC[C@]2(CCCO2)CC1. The maximum Gasteiger partial charge on any atom is 0.254 e. The molecule has 1 amide bonds. The van der Waals surface area contributed by atoms with Gasteiger partial charge in [-0.05, 0) is 43.4 Å². The molecule has 0 unspecified atom stereocenters. The van der Waals surface area contributed by atoms with Gasteiger partial charge in [-0.15, -0.1) is 10.2 Å². The normalized spacial score (nSPS) is 24.2. The van der Waals surface area contributed by atoms with Crippen LogP contribution in [0.1, 0.15) is 42.5 Å². The number of amides is 1. The number of ether oxygens (including phenoxy) is 1. The number of aromatic nitrogens is 4. The molecule has 24 heavy (non-hydrogen) atoms. The van der Waals surface area contributed by atoms with E-state index in [4.69, 9.17) is 4.74 Å². The van der Waals surface area contributed by atoms with Gasteiger partial charge >= 0.3 is 0 Å². The monoisotopic (exact) mass is 327 g/mol. The summed E-state index contributed by atoms with van der Waals surface area (Å²) in [5, 5.41) is 14.1. The van der Waals surface area contributed by atoms with E-state index >= 15 is 0 Å². The lowest BCUT2D eigenvalue weighted by Gasteiger charge is -2.27. The molecule has 1 atom stereocenters. The van der Waals surface area contributed by atoms with Gasteiger partial charge in [0.15, 0.2) is 0 Å². The first-order valence-corrected chi connectivity index (χ1v) is 8.54. The summed E-state index contributed by atoms with van der Waals surface area (Å²) >= 11 is 0. The number of aromatic amines is 1. The zero-order valence-electron chi connectivity index (χ0n) is 13.6.